The Morgan fingerprint density at radius 2 is 1.07 bits per heavy atom. The van der Waals surface area contributed by atoms with Crippen molar-refractivity contribution in [1.29, 1.82) is 0 Å². The molecule has 0 N–H and O–H groups in total. The van der Waals surface area contributed by atoms with E-state index in [0.29, 0.717) is 0 Å². The van der Waals surface area contributed by atoms with Gasteiger partial charge in [0.1, 0.15) is 0 Å². The van der Waals surface area contributed by atoms with Gasteiger partial charge < -0.3 is 0 Å². The monoisotopic (exact) mass is 564 g/mol. The van der Waals surface area contributed by atoms with E-state index >= 15 is 0 Å². The second-order valence-electron chi connectivity index (χ2n) is 8.24. The fourth-order valence-corrected chi connectivity index (χ4v) is 25.0. The molecule has 0 nitrogen and oxygen atoms in total. The minimum atomic E-state index is -4.58. The van der Waals surface area contributed by atoms with Crippen molar-refractivity contribution in [1.82, 2.24) is 0 Å². The van der Waals surface area contributed by atoms with Gasteiger partial charge in [-0.3, -0.25) is 0 Å². The third kappa shape index (κ3) is 2.69. The Balaban J connectivity index is 1.98. The first-order valence-electron chi connectivity index (χ1n) is 9.63. The van der Waals surface area contributed by atoms with Gasteiger partial charge in [0.2, 0.25) is 0 Å². The number of rotatable bonds is 2. The molecule has 0 aliphatic heterocycles. The molecule has 2 aliphatic carbocycles. The molecule has 140 valence electrons. The number of allylic oxidation sites excluding steroid dienone is 2. The Hall–Kier alpha value is -0.760. The summed E-state index contributed by atoms with van der Waals surface area (Å²) in [7, 11) is 15.4. The zero-order valence-electron chi connectivity index (χ0n) is 16.6. The molecule has 2 aromatic carbocycles. The van der Waals surface area contributed by atoms with Gasteiger partial charge in [-0.25, -0.2) is 0 Å². The van der Waals surface area contributed by atoms with Crippen LogP contribution in [0.2, 0.25) is 0 Å². The molecule has 2 unspecified atom stereocenters. The summed E-state index contributed by atoms with van der Waals surface area (Å²) in [4.78, 5) is 0. The van der Waals surface area contributed by atoms with Crippen LogP contribution < -0.4 is 0 Å². The van der Waals surface area contributed by atoms with Crippen LogP contribution in [0.15, 0.2) is 36.4 Å². The number of benzene rings is 2. The Kier molecular flexibility index (Phi) is 4.61. The van der Waals surface area contributed by atoms with Gasteiger partial charge in [0.25, 0.3) is 0 Å². The van der Waals surface area contributed by atoms with Crippen molar-refractivity contribution in [2.45, 2.75) is 42.0 Å². The summed E-state index contributed by atoms with van der Waals surface area (Å²) < 4.78 is 2.45. The average Bonchev–Trinajstić information content (AvgIpc) is 3.28. The van der Waals surface area contributed by atoms with Crippen molar-refractivity contribution in [2.24, 2.45) is 0 Å². The Morgan fingerprint density at radius 3 is 1.44 bits per heavy atom. The molecule has 27 heavy (non-hydrogen) atoms. The van der Waals surface area contributed by atoms with Crippen LogP contribution in [0, 0.1) is 27.7 Å². The Morgan fingerprint density at radius 1 is 0.704 bits per heavy atom. The SMILES string of the molecule is C[CH]=[Hf]([Cl])([Cl])([CH]1C=Cc2c(C)ccc(C)c21)[CH]1C=Cc2c(C)ccc(C)c21. The molecule has 4 rings (SSSR count). The van der Waals surface area contributed by atoms with E-state index < -0.39 is 15.7 Å². The van der Waals surface area contributed by atoms with E-state index in [1.165, 1.54) is 44.5 Å². The predicted molar refractivity (Wildman–Crippen MR) is 119 cm³/mol. The van der Waals surface area contributed by atoms with E-state index in [-0.39, 0.29) is 7.35 Å². The molecule has 0 fully saturated rings. The van der Waals surface area contributed by atoms with E-state index in [2.05, 4.69) is 86.9 Å². The fourth-order valence-electron chi connectivity index (χ4n) is 5.03. The minimum absolute atomic E-state index is 0.116. The molecular formula is C24H26Cl2Hf. The Bertz CT molecular complexity index is 1020. The molecule has 2 atom stereocenters. The molecule has 0 spiro atoms. The molecule has 0 radical (unpaired) electrons. The van der Waals surface area contributed by atoms with E-state index in [4.69, 9.17) is 17.2 Å². The zero-order valence-corrected chi connectivity index (χ0v) is 21.7. The summed E-state index contributed by atoms with van der Waals surface area (Å²) in [6.45, 7) is 10.8. The molecule has 2 aliphatic rings. The molecule has 0 heterocycles. The van der Waals surface area contributed by atoms with Crippen molar-refractivity contribution in [2.75, 3.05) is 0 Å². The third-order valence-electron chi connectivity index (χ3n) is 6.72. The van der Waals surface area contributed by atoms with Crippen LogP contribution in [0.1, 0.15) is 58.8 Å². The summed E-state index contributed by atoms with van der Waals surface area (Å²) in [5, 5.41) is 0. The third-order valence-corrected chi connectivity index (χ3v) is 33.9. The summed E-state index contributed by atoms with van der Waals surface area (Å²) in [6, 6.07) is 8.82. The molecule has 3 heteroatoms. The van der Waals surface area contributed by atoms with Gasteiger partial charge in [0, 0.05) is 0 Å². The van der Waals surface area contributed by atoms with Gasteiger partial charge >= 0.3 is 172 Å². The summed E-state index contributed by atoms with van der Waals surface area (Å²) >= 11 is -4.58. The van der Waals surface area contributed by atoms with E-state index in [0.717, 1.165) is 0 Å². The standard InChI is InChI=1S/2C11H11.C2H4.2ClH.Hf/c2*1-8-6-7-9(2)11-5-3-4-10(8)11;1-2;;;/h2*3-7H,1-2H3;1H,2H3;2*1H;/q;;;;;+2/p-2. The molecule has 0 saturated heterocycles. The number of hydrogen-bond donors (Lipinski definition) is 0. The van der Waals surface area contributed by atoms with E-state index in [9.17, 15) is 0 Å². The number of halogens is 2. The van der Waals surface area contributed by atoms with Crippen LogP contribution in [0.4, 0.5) is 0 Å². The second kappa shape index (κ2) is 6.37. The van der Waals surface area contributed by atoms with Crippen molar-refractivity contribution in [3.63, 3.8) is 0 Å². The number of fused-ring (bicyclic) bond motifs is 2. The first-order valence-corrected chi connectivity index (χ1v) is 24.8. The number of hydrogen-bond acceptors (Lipinski definition) is 0. The first kappa shape index (κ1) is 19.6. The first-order chi connectivity index (χ1) is 12.7. The Labute approximate surface area is 170 Å². The zero-order chi connectivity index (χ0) is 19.6. The van der Waals surface area contributed by atoms with Gasteiger partial charge in [0.05, 0.1) is 0 Å². The fraction of sp³-hybridized carbons (Fsp3) is 0.292. The number of aryl methyl sites for hydroxylation is 4. The van der Waals surface area contributed by atoms with Gasteiger partial charge in [-0.15, -0.1) is 0 Å². The van der Waals surface area contributed by atoms with Crippen molar-refractivity contribution < 1.29 is 15.7 Å². The van der Waals surface area contributed by atoms with Gasteiger partial charge in [-0.1, -0.05) is 0 Å². The van der Waals surface area contributed by atoms with Gasteiger partial charge in [-0.2, -0.15) is 0 Å². The van der Waals surface area contributed by atoms with Crippen LogP contribution in [-0.2, 0) is 15.7 Å². The second-order valence-corrected chi connectivity index (χ2v) is 39.0. The molecule has 0 saturated carbocycles. The molecule has 0 aromatic heterocycles. The average molecular weight is 564 g/mol. The maximum atomic E-state index is 7.72. The molecule has 2 aromatic rings. The van der Waals surface area contributed by atoms with Gasteiger partial charge in [0.15, 0.2) is 0 Å². The van der Waals surface area contributed by atoms with Crippen molar-refractivity contribution >= 4 is 33.1 Å². The molecule has 0 amide bonds. The molecular weight excluding hydrogens is 538 g/mol. The predicted octanol–water partition coefficient (Wildman–Crippen LogP) is 7.58. The van der Waals surface area contributed by atoms with Gasteiger partial charge in [-0.05, 0) is 0 Å². The normalized spacial score (nSPS) is 20.7. The van der Waals surface area contributed by atoms with Crippen molar-refractivity contribution in [3.8, 4) is 0 Å². The van der Waals surface area contributed by atoms with E-state index in [1.54, 1.807) is 0 Å². The summed E-state index contributed by atoms with van der Waals surface area (Å²) in [6.07, 6.45) is 9.07. The summed E-state index contributed by atoms with van der Waals surface area (Å²) in [5.41, 5.74) is 10.5. The van der Waals surface area contributed by atoms with Crippen LogP contribution in [0.3, 0.4) is 0 Å². The quantitative estimate of drug-likeness (QED) is 0.331. The van der Waals surface area contributed by atoms with Crippen LogP contribution >= 0.6 is 17.2 Å². The van der Waals surface area contributed by atoms with Crippen molar-refractivity contribution in [3.05, 3.63) is 80.9 Å². The maximum absolute atomic E-state index is 7.72. The summed E-state index contributed by atoms with van der Waals surface area (Å²) in [5.74, 6) is 0. The van der Waals surface area contributed by atoms with E-state index in [1.807, 2.05) is 0 Å². The topological polar surface area (TPSA) is 0 Å². The van der Waals surface area contributed by atoms with Crippen LogP contribution in [0.25, 0.3) is 12.2 Å². The van der Waals surface area contributed by atoms with Crippen LogP contribution in [0.5, 0.6) is 0 Å². The molecule has 0 bridgehead atoms. The van der Waals surface area contributed by atoms with Crippen LogP contribution in [-0.4, -0.2) is 3.76 Å².